The summed E-state index contributed by atoms with van der Waals surface area (Å²) in [4.78, 5) is 13.4. The third kappa shape index (κ3) is 2.21. The fraction of sp³-hybridized carbons (Fsp3) is 0.900. The Morgan fingerprint density at radius 3 is 2.69 bits per heavy atom. The van der Waals surface area contributed by atoms with Gasteiger partial charge in [-0.05, 0) is 38.3 Å². The molecular formula is C10H18N2O. The number of carbonyl (C=O) groups excluding carboxylic acids is 1. The first-order valence-electron chi connectivity index (χ1n) is 5.25. The molecule has 2 rings (SSSR count). The van der Waals surface area contributed by atoms with Crippen LogP contribution in [0.3, 0.4) is 0 Å². The van der Waals surface area contributed by atoms with Crippen LogP contribution in [0.15, 0.2) is 0 Å². The van der Waals surface area contributed by atoms with Crippen molar-refractivity contribution in [3.05, 3.63) is 0 Å². The van der Waals surface area contributed by atoms with Gasteiger partial charge in [0.2, 0.25) is 5.91 Å². The Morgan fingerprint density at radius 1 is 1.46 bits per heavy atom. The van der Waals surface area contributed by atoms with Gasteiger partial charge in [-0.2, -0.15) is 0 Å². The Morgan fingerprint density at radius 2 is 2.23 bits per heavy atom. The Hall–Kier alpha value is -0.570. The Kier molecular flexibility index (Phi) is 2.54. The van der Waals surface area contributed by atoms with E-state index < -0.39 is 0 Å². The molecule has 2 aliphatic rings. The Balaban J connectivity index is 1.84. The van der Waals surface area contributed by atoms with E-state index in [1.54, 1.807) is 6.92 Å². The van der Waals surface area contributed by atoms with Crippen molar-refractivity contribution < 1.29 is 4.79 Å². The number of amides is 1. The summed E-state index contributed by atoms with van der Waals surface area (Å²) >= 11 is 0. The summed E-state index contributed by atoms with van der Waals surface area (Å²) in [7, 11) is 0. The van der Waals surface area contributed by atoms with Crippen LogP contribution in [0.1, 0.15) is 26.2 Å². The molecule has 3 nitrogen and oxygen atoms in total. The smallest absolute Gasteiger partial charge is 0.219 e. The van der Waals surface area contributed by atoms with Crippen LogP contribution in [0.2, 0.25) is 0 Å². The summed E-state index contributed by atoms with van der Waals surface area (Å²) in [6.07, 6.45) is 3.68. The van der Waals surface area contributed by atoms with Crippen LogP contribution in [0.5, 0.6) is 0 Å². The second-order valence-electron chi connectivity index (χ2n) is 4.26. The van der Waals surface area contributed by atoms with Gasteiger partial charge in [-0.3, -0.25) is 4.79 Å². The predicted octanol–water partition coefficient (Wildman–Crippen LogP) is 0.607. The Labute approximate surface area is 79.5 Å². The van der Waals surface area contributed by atoms with E-state index in [9.17, 15) is 4.79 Å². The fourth-order valence-electron chi connectivity index (χ4n) is 2.07. The molecule has 1 aliphatic heterocycles. The zero-order valence-corrected chi connectivity index (χ0v) is 8.25. The van der Waals surface area contributed by atoms with Crippen LogP contribution in [0, 0.1) is 5.92 Å². The summed E-state index contributed by atoms with van der Waals surface area (Å²) < 4.78 is 0. The van der Waals surface area contributed by atoms with E-state index in [0.717, 1.165) is 19.6 Å². The molecule has 1 amide bonds. The van der Waals surface area contributed by atoms with Crippen LogP contribution in [0.25, 0.3) is 0 Å². The number of nitrogens with one attached hydrogen (secondary N) is 1. The van der Waals surface area contributed by atoms with Gasteiger partial charge >= 0.3 is 0 Å². The second-order valence-corrected chi connectivity index (χ2v) is 4.26. The van der Waals surface area contributed by atoms with Gasteiger partial charge in [0.1, 0.15) is 0 Å². The number of rotatable bonds is 3. The van der Waals surface area contributed by atoms with Crippen molar-refractivity contribution in [3.63, 3.8) is 0 Å². The first-order valence-corrected chi connectivity index (χ1v) is 5.25. The largest absolute Gasteiger partial charge is 0.340 e. The molecular weight excluding hydrogens is 164 g/mol. The highest BCUT2D eigenvalue weighted by molar-refractivity contribution is 5.74. The van der Waals surface area contributed by atoms with Crippen LogP contribution >= 0.6 is 0 Å². The predicted molar refractivity (Wildman–Crippen MR) is 51.4 cm³/mol. The average Bonchev–Trinajstić information content (AvgIpc) is 2.79. The van der Waals surface area contributed by atoms with Gasteiger partial charge in [0.15, 0.2) is 0 Å². The SMILES string of the molecule is CC(=O)N(C[C@H]1CCNC1)C1CC1. The van der Waals surface area contributed by atoms with Crippen molar-refractivity contribution in [2.75, 3.05) is 19.6 Å². The number of carbonyl (C=O) groups is 1. The van der Waals surface area contributed by atoms with Gasteiger partial charge in [0.25, 0.3) is 0 Å². The van der Waals surface area contributed by atoms with E-state index in [1.807, 2.05) is 0 Å². The van der Waals surface area contributed by atoms with Crippen LogP contribution in [-0.2, 0) is 4.79 Å². The minimum absolute atomic E-state index is 0.259. The van der Waals surface area contributed by atoms with Crippen molar-refractivity contribution in [2.24, 2.45) is 5.92 Å². The van der Waals surface area contributed by atoms with Gasteiger partial charge < -0.3 is 10.2 Å². The summed E-state index contributed by atoms with van der Waals surface area (Å²) in [5.41, 5.74) is 0. The lowest BCUT2D eigenvalue weighted by molar-refractivity contribution is -0.130. The van der Waals surface area contributed by atoms with E-state index in [4.69, 9.17) is 0 Å². The number of hydrogen-bond acceptors (Lipinski definition) is 2. The third-order valence-electron chi connectivity index (χ3n) is 3.01. The monoisotopic (exact) mass is 182 g/mol. The molecule has 1 saturated heterocycles. The molecule has 0 aromatic heterocycles. The second kappa shape index (κ2) is 3.66. The molecule has 1 N–H and O–H groups in total. The van der Waals surface area contributed by atoms with Gasteiger partial charge in [0.05, 0.1) is 0 Å². The van der Waals surface area contributed by atoms with E-state index in [2.05, 4.69) is 10.2 Å². The van der Waals surface area contributed by atoms with Crippen molar-refractivity contribution in [3.8, 4) is 0 Å². The van der Waals surface area contributed by atoms with E-state index in [1.165, 1.54) is 19.3 Å². The van der Waals surface area contributed by atoms with E-state index in [0.29, 0.717) is 12.0 Å². The molecule has 0 unspecified atom stereocenters. The highest BCUT2D eigenvalue weighted by Gasteiger charge is 2.32. The summed E-state index contributed by atoms with van der Waals surface area (Å²) in [6.45, 7) is 4.89. The zero-order chi connectivity index (χ0) is 9.26. The molecule has 0 aromatic rings. The highest BCUT2D eigenvalue weighted by atomic mass is 16.2. The Bertz CT molecular complexity index is 195. The maximum atomic E-state index is 11.3. The molecule has 74 valence electrons. The quantitative estimate of drug-likeness (QED) is 0.693. The molecule has 0 bridgehead atoms. The van der Waals surface area contributed by atoms with E-state index in [-0.39, 0.29) is 5.91 Å². The van der Waals surface area contributed by atoms with Crippen molar-refractivity contribution >= 4 is 5.91 Å². The average molecular weight is 182 g/mol. The number of hydrogen-bond donors (Lipinski definition) is 1. The molecule has 13 heavy (non-hydrogen) atoms. The van der Waals surface area contributed by atoms with Crippen molar-refractivity contribution in [1.82, 2.24) is 10.2 Å². The minimum Gasteiger partial charge on any atom is -0.340 e. The lowest BCUT2D eigenvalue weighted by Crippen LogP contribution is -2.36. The highest BCUT2D eigenvalue weighted by Crippen LogP contribution is 2.28. The molecule has 0 aromatic carbocycles. The molecule has 1 aliphatic carbocycles. The topological polar surface area (TPSA) is 32.3 Å². The summed E-state index contributed by atoms with van der Waals surface area (Å²) in [5.74, 6) is 0.957. The zero-order valence-electron chi connectivity index (χ0n) is 8.25. The van der Waals surface area contributed by atoms with Crippen LogP contribution < -0.4 is 5.32 Å². The summed E-state index contributed by atoms with van der Waals surface area (Å²) in [5, 5.41) is 3.34. The maximum absolute atomic E-state index is 11.3. The van der Waals surface area contributed by atoms with Crippen LogP contribution in [0.4, 0.5) is 0 Å². The molecule has 0 radical (unpaired) electrons. The van der Waals surface area contributed by atoms with E-state index >= 15 is 0 Å². The molecule has 1 atom stereocenters. The van der Waals surface area contributed by atoms with Crippen molar-refractivity contribution in [1.29, 1.82) is 0 Å². The minimum atomic E-state index is 0.259. The van der Waals surface area contributed by atoms with Crippen LogP contribution in [-0.4, -0.2) is 36.5 Å². The standard InChI is InChI=1S/C10H18N2O/c1-8(13)12(10-2-3-10)7-9-4-5-11-6-9/h9-11H,2-7H2,1H3/t9-/m0/s1. The molecule has 1 heterocycles. The molecule has 0 spiro atoms. The maximum Gasteiger partial charge on any atom is 0.219 e. The molecule has 2 fully saturated rings. The fourth-order valence-corrected chi connectivity index (χ4v) is 2.07. The third-order valence-corrected chi connectivity index (χ3v) is 3.01. The van der Waals surface area contributed by atoms with Gasteiger partial charge in [0, 0.05) is 19.5 Å². The van der Waals surface area contributed by atoms with Crippen molar-refractivity contribution in [2.45, 2.75) is 32.2 Å². The molecule has 3 heteroatoms. The van der Waals surface area contributed by atoms with Gasteiger partial charge in [-0.1, -0.05) is 0 Å². The lowest BCUT2D eigenvalue weighted by Gasteiger charge is -2.23. The lowest BCUT2D eigenvalue weighted by atomic mass is 10.1. The first-order chi connectivity index (χ1) is 6.27. The normalized spacial score (nSPS) is 27.6. The summed E-state index contributed by atoms with van der Waals surface area (Å²) in [6, 6.07) is 0.582. The molecule has 1 saturated carbocycles. The van der Waals surface area contributed by atoms with Gasteiger partial charge in [-0.25, -0.2) is 0 Å². The number of nitrogens with zero attached hydrogens (tertiary/aromatic N) is 1. The first kappa shape index (κ1) is 9.00. The van der Waals surface area contributed by atoms with Gasteiger partial charge in [-0.15, -0.1) is 0 Å².